The fraction of sp³-hybridized carbons (Fsp3) is 0.600. The molecular formula is C15H25N3O2. The molecule has 0 radical (unpaired) electrons. The maximum absolute atomic E-state index is 11.8. The summed E-state index contributed by atoms with van der Waals surface area (Å²) in [5.41, 5.74) is 1.86. The molecular weight excluding hydrogens is 254 g/mol. The zero-order valence-corrected chi connectivity index (χ0v) is 12.9. The van der Waals surface area contributed by atoms with Crippen LogP contribution in [0.3, 0.4) is 0 Å². The van der Waals surface area contributed by atoms with Gasteiger partial charge in [-0.1, -0.05) is 0 Å². The van der Waals surface area contributed by atoms with Crippen molar-refractivity contribution in [3.63, 3.8) is 0 Å². The van der Waals surface area contributed by atoms with E-state index in [1.54, 1.807) is 7.11 Å². The Morgan fingerprint density at radius 2 is 2.05 bits per heavy atom. The van der Waals surface area contributed by atoms with Gasteiger partial charge in [-0.15, -0.1) is 0 Å². The molecule has 0 aliphatic rings. The van der Waals surface area contributed by atoms with Crippen molar-refractivity contribution in [2.24, 2.45) is 0 Å². The molecule has 0 bridgehead atoms. The van der Waals surface area contributed by atoms with E-state index in [0.29, 0.717) is 19.5 Å². The molecule has 0 aromatic carbocycles. The SMILES string of the molecule is CCN(CC)C(=O)CCNCc1cc(OC)cc(C)n1. The first-order chi connectivity index (χ1) is 9.60. The first kappa shape index (κ1) is 16.4. The summed E-state index contributed by atoms with van der Waals surface area (Å²) < 4.78 is 5.21. The highest BCUT2D eigenvalue weighted by Crippen LogP contribution is 2.12. The number of ether oxygens (including phenoxy) is 1. The summed E-state index contributed by atoms with van der Waals surface area (Å²) in [4.78, 5) is 18.1. The predicted octanol–water partition coefficient (Wildman–Crippen LogP) is 1.75. The van der Waals surface area contributed by atoms with Crippen LogP contribution in [-0.4, -0.2) is 42.5 Å². The van der Waals surface area contributed by atoms with Crippen molar-refractivity contribution in [3.05, 3.63) is 23.5 Å². The van der Waals surface area contributed by atoms with E-state index in [9.17, 15) is 4.79 Å². The number of rotatable bonds is 8. The number of aromatic nitrogens is 1. The summed E-state index contributed by atoms with van der Waals surface area (Å²) in [6.07, 6.45) is 0.518. The molecule has 0 unspecified atom stereocenters. The third-order valence-electron chi connectivity index (χ3n) is 3.15. The minimum atomic E-state index is 0.192. The second-order valence-electron chi connectivity index (χ2n) is 4.63. The van der Waals surface area contributed by atoms with E-state index >= 15 is 0 Å². The summed E-state index contributed by atoms with van der Waals surface area (Å²) >= 11 is 0. The number of aryl methyl sites for hydroxylation is 1. The van der Waals surface area contributed by atoms with Gasteiger partial charge in [0.05, 0.1) is 12.8 Å². The summed E-state index contributed by atoms with van der Waals surface area (Å²) in [7, 11) is 1.65. The normalized spacial score (nSPS) is 10.4. The van der Waals surface area contributed by atoms with E-state index in [1.165, 1.54) is 0 Å². The standard InChI is InChI=1S/C15H25N3O2/c1-5-18(6-2)15(19)7-8-16-11-13-10-14(20-4)9-12(3)17-13/h9-10,16H,5-8,11H2,1-4H3. The van der Waals surface area contributed by atoms with Gasteiger partial charge in [0.15, 0.2) is 0 Å². The van der Waals surface area contributed by atoms with Gasteiger partial charge < -0.3 is 15.0 Å². The lowest BCUT2D eigenvalue weighted by Gasteiger charge is -2.18. The second-order valence-corrected chi connectivity index (χ2v) is 4.63. The molecule has 0 saturated heterocycles. The van der Waals surface area contributed by atoms with Crippen molar-refractivity contribution in [2.75, 3.05) is 26.7 Å². The zero-order valence-electron chi connectivity index (χ0n) is 12.9. The van der Waals surface area contributed by atoms with E-state index in [4.69, 9.17) is 4.74 Å². The number of nitrogens with zero attached hydrogens (tertiary/aromatic N) is 2. The quantitative estimate of drug-likeness (QED) is 0.737. The van der Waals surface area contributed by atoms with Crippen molar-refractivity contribution in [2.45, 2.75) is 33.7 Å². The number of carbonyl (C=O) groups excluding carboxylic acids is 1. The van der Waals surface area contributed by atoms with Crippen LogP contribution in [0.2, 0.25) is 0 Å². The van der Waals surface area contributed by atoms with Crippen LogP contribution >= 0.6 is 0 Å². The molecule has 0 spiro atoms. The third kappa shape index (κ3) is 5.17. The Labute approximate surface area is 121 Å². The third-order valence-corrected chi connectivity index (χ3v) is 3.15. The van der Waals surface area contributed by atoms with E-state index < -0.39 is 0 Å². The Bertz CT molecular complexity index is 431. The van der Waals surface area contributed by atoms with Gasteiger partial charge in [-0.2, -0.15) is 0 Å². The summed E-state index contributed by atoms with van der Waals surface area (Å²) in [6.45, 7) is 8.78. The topological polar surface area (TPSA) is 54.5 Å². The van der Waals surface area contributed by atoms with Crippen molar-refractivity contribution >= 4 is 5.91 Å². The molecule has 5 nitrogen and oxygen atoms in total. The van der Waals surface area contributed by atoms with Crippen molar-refractivity contribution < 1.29 is 9.53 Å². The predicted molar refractivity (Wildman–Crippen MR) is 79.8 cm³/mol. The van der Waals surface area contributed by atoms with Gasteiger partial charge >= 0.3 is 0 Å². The Morgan fingerprint density at radius 3 is 2.65 bits per heavy atom. The average Bonchev–Trinajstić information content (AvgIpc) is 2.44. The number of nitrogens with one attached hydrogen (secondary N) is 1. The molecule has 0 saturated carbocycles. The Hall–Kier alpha value is -1.62. The van der Waals surface area contributed by atoms with Gasteiger partial charge in [0.25, 0.3) is 0 Å². The van der Waals surface area contributed by atoms with E-state index in [2.05, 4.69) is 10.3 Å². The van der Waals surface area contributed by atoms with Gasteiger partial charge in [-0.3, -0.25) is 9.78 Å². The van der Waals surface area contributed by atoms with E-state index in [1.807, 2.05) is 37.8 Å². The molecule has 0 atom stereocenters. The van der Waals surface area contributed by atoms with Crippen LogP contribution in [0.5, 0.6) is 5.75 Å². The molecule has 112 valence electrons. The van der Waals surface area contributed by atoms with Gasteiger partial charge in [0, 0.05) is 50.4 Å². The fourth-order valence-corrected chi connectivity index (χ4v) is 2.06. The van der Waals surface area contributed by atoms with E-state index in [0.717, 1.165) is 30.2 Å². The number of amides is 1. The zero-order chi connectivity index (χ0) is 15.0. The molecule has 0 fully saturated rings. The van der Waals surface area contributed by atoms with Crippen molar-refractivity contribution in [1.82, 2.24) is 15.2 Å². The molecule has 0 aliphatic carbocycles. The minimum Gasteiger partial charge on any atom is -0.497 e. The molecule has 1 amide bonds. The fourth-order valence-electron chi connectivity index (χ4n) is 2.06. The lowest BCUT2D eigenvalue weighted by Crippen LogP contribution is -2.32. The van der Waals surface area contributed by atoms with Gasteiger partial charge in [0.2, 0.25) is 5.91 Å². The Kier molecular flexibility index (Phi) is 7.01. The first-order valence-corrected chi connectivity index (χ1v) is 7.10. The monoisotopic (exact) mass is 279 g/mol. The Morgan fingerprint density at radius 1 is 1.35 bits per heavy atom. The van der Waals surface area contributed by atoms with Crippen LogP contribution in [0.4, 0.5) is 0 Å². The van der Waals surface area contributed by atoms with Gasteiger partial charge in [-0.25, -0.2) is 0 Å². The van der Waals surface area contributed by atoms with Gasteiger partial charge in [-0.05, 0) is 20.8 Å². The first-order valence-electron chi connectivity index (χ1n) is 7.10. The summed E-state index contributed by atoms with van der Waals surface area (Å²) in [6, 6.07) is 3.81. The molecule has 1 heterocycles. The maximum atomic E-state index is 11.8. The lowest BCUT2D eigenvalue weighted by molar-refractivity contribution is -0.130. The minimum absolute atomic E-state index is 0.192. The second kappa shape index (κ2) is 8.53. The van der Waals surface area contributed by atoms with Crippen LogP contribution in [0, 0.1) is 6.92 Å². The van der Waals surface area contributed by atoms with Crippen LogP contribution in [0.1, 0.15) is 31.7 Å². The molecule has 1 aromatic heterocycles. The van der Waals surface area contributed by atoms with Crippen molar-refractivity contribution in [3.8, 4) is 5.75 Å². The molecule has 0 aliphatic heterocycles. The highest BCUT2D eigenvalue weighted by atomic mass is 16.5. The smallest absolute Gasteiger partial charge is 0.223 e. The number of carbonyl (C=O) groups is 1. The molecule has 1 N–H and O–H groups in total. The average molecular weight is 279 g/mol. The highest BCUT2D eigenvalue weighted by Gasteiger charge is 2.08. The molecule has 1 aromatic rings. The number of pyridine rings is 1. The van der Waals surface area contributed by atoms with Crippen LogP contribution < -0.4 is 10.1 Å². The van der Waals surface area contributed by atoms with Crippen molar-refractivity contribution in [1.29, 1.82) is 0 Å². The van der Waals surface area contributed by atoms with E-state index in [-0.39, 0.29) is 5.91 Å². The molecule has 20 heavy (non-hydrogen) atoms. The lowest BCUT2D eigenvalue weighted by atomic mass is 10.3. The maximum Gasteiger partial charge on any atom is 0.223 e. The molecule has 5 heteroatoms. The largest absolute Gasteiger partial charge is 0.497 e. The Balaban J connectivity index is 2.37. The summed E-state index contributed by atoms with van der Waals surface area (Å²) in [5.74, 6) is 1.01. The van der Waals surface area contributed by atoms with Crippen LogP contribution in [-0.2, 0) is 11.3 Å². The van der Waals surface area contributed by atoms with Crippen LogP contribution in [0.15, 0.2) is 12.1 Å². The number of hydrogen-bond donors (Lipinski definition) is 1. The highest BCUT2D eigenvalue weighted by molar-refractivity contribution is 5.76. The van der Waals surface area contributed by atoms with Gasteiger partial charge in [0.1, 0.15) is 5.75 Å². The number of methoxy groups -OCH3 is 1. The molecule has 1 rings (SSSR count). The van der Waals surface area contributed by atoms with Crippen LogP contribution in [0.25, 0.3) is 0 Å². The number of hydrogen-bond acceptors (Lipinski definition) is 4. The summed E-state index contributed by atoms with van der Waals surface area (Å²) in [5, 5.41) is 3.25.